The van der Waals surface area contributed by atoms with Crippen LogP contribution in [0.2, 0.25) is 0 Å². The van der Waals surface area contributed by atoms with E-state index in [0.29, 0.717) is 12.2 Å². The Kier molecular flexibility index (Phi) is 5.12. The van der Waals surface area contributed by atoms with Crippen molar-refractivity contribution in [3.8, 4) is 0 Å². The Morgan fingerprint density at radius 1 is 1.90 bits per heavy atom. The average molecular weight is 159 g/mol. The zero-order valence-corrected chi connectivity index (χ0v) is 7.03. The Labute approximate surface area is 67.1 Å². The molecule has 0 aliphatic heterocycles. The number of hydrogen-bond donors (Lipinski definition) is 2. The van der Waals surface area contributed by atoms with E-state index in [9.17, 15) is 4.79 Å². The molecule has 3 heteroatoms. The zero-order chi connectivity index (χ0) is 7.98. The number of thiol groups is 1. The Bertz CT molecular complexity index is 125. The third-order valence-electron chi connectivity index (χ3n) is 1.08. The summed E-state index contributed by atoms with van der Waals surface area (Å²) >= 11 is 3.92. The van der Waals surface area contributed by atoms with Crippen molar-refractivity contribution in [3.63, 3.8) is 0 Å². The molecule has 0 aromatic carbocycles. The first-order valence-corrected chi connectivity index (χ1v) is 3.86. The van der Waals surface area contributed by atoms with Crippen LogP contribution in [0.1, 0.15) is 13.3 Å². The van der Waals surface area contributed by atoms with Gasteiger partial charge < -0.3 is 5.32 Å². The summed E-state index contributed by atoms with van der Waals surface area (Å²) in [6, 6.07) is 0.0624. The van der Waals surface area contributed by atoms with Gasteiger partial charge in [-0.15, -0.1) is 6.58 Å². The summed E-state index contributed by atoms with van der Waals surface area (Å²) in [7, 11) is 0. The van der Waals surface area contributed by atoms with Crippen molar-refractivity contribution < 1.29 is 4.79 Å². The molecule has 10 heavy (non-hydrogen) atoms. The van der Waals surface area contributed by atoms with Crippen LogP contribution < -0.4 is 5.32 Å². The fourth-order valence-electron chi connectivity index (χ4n) is 0.487. The predicted octanol–water partition coefficient (Wildman–Crippen LogP) is 0.997. The SMILES string of the molecule is C=CC(C)NC(=O)CCS. The Morgan fingerprint density at radius 2 is 2.50 bits per heavy atom. The summed E-state index contributed by atoms with van der Waals surface area (Å²) in [5.74, 6) is 0.623. The maximum absolute atomic E-state index is 10.8. The van der Waals surface area contributed by atoms with Crippen molar-refractivity contribution in [2.24, 2.45) is 0 Å². The van der Waals surface area contributed by atoms with Crippen molar-refractivity contribution in [1.29, 1.82) is 0 Å². The smallest absolute Gasteiger partial charge is 0.221 e. The summed E-state index contributed by atoms with van der Waals surface area (Å²) in [5.41, 5.74) is 0. The van der Waals surface area contributed by atoms with Crippen LogP contribution in [0.3, 0.4) is 0 Å². The van der Waals surface area contributed by atoms with Gasteiger partial charge in [0.15, 0.2) is 0 Å². The zero-order valence-electron chi connectivity index (χ0n) is 6.13. The lowest BCUT2D eigenvalue weighted by Crippen LogP contribution is -2.30. The van der Waals surface area contributed by atoms with Crippen LogP contribution in [0.15, 0.2) is 12.7 Å². The molecule has 1 atom stereocenters. The molecule has 0 aromatic heterocycles. The molecule has 0 bridgehead atoms. The lowest BCUT2D eigenvalue weighted by Gasteiger charge is -2.07. The fourth-order valence-corrected chi connectivity index (χ4v) is 0.690. The largest absolute Gasteiger partial charge is 0.350 e. The van der Waals surface area contributed by atoms with Gasteiger partial charge in [-0.25, -0.2) is 0 Å². The van der Waals surface area contributed by atoms with E-state index >= 15 is 0 Å². The predicted molar refractivity (Wildman–Crippen MR) is 46.3 cm³/mol. The summed E-state index contributed by atoms with van der Waals surface area (Å²) in [6.07, 6.45) is 2.16. The molecule has 0 heterocycles. The van der Waals surface area contributed by atoms with Gasteiger partial charge in [0.25, 0.3) is 0 Å². The lowest BCUT2D eigenvalue weighted by atomic mass is 10.3. The maximum Gasteiger partial charge on any atom is 0.221 e. The Hall–Kier alpha value is -0.440. The van der Waals surface area contributed by atoms with Crippen LogP contribution in [0.5, 0.6) is 0 Å². The first-order chi connectivity index (χ1) is 4.70. The van der Waals surface area contributed by atoms with Crippen LogP contribution in [0, 0.1) is 0 Å². The molecule has 0 radical (unpaired) electrons. The highest BCUT2D eigenvalue weighted by atomic mass is 32.1. The maximum atomic E-state index is 10.8. The monoisotopic (exact) mass is 159 g/mol. The number of carbonyl (C=O) groups is 1. The third kappa shape index (κ3) is 4.44. The standard InChI is InChI=1S/C7H13NOS/c1-3-6(2)8-7(9)4-5-10/h3,6,10H,1,4-5H2,2H3,(H,8,9). The van der Waals surface area contributed by atoms with Gasteiger partial charge in [-0.2, -0.15) is 12.6 Å². The van der Waals surface area contributed by atoms with E-state index in [2.05, 4.69) is 24.5 Å². The van der Waals surface area contributed by atoms with Crippen molar-refractivity contribution >= 4 is 18.5 Å². The summed E-state index contributed by atoms with van der Waals surface area (Å²) in [4.78, 5) is 10.8. The van der Waals surface area contributed by atoms with Crippen molar-refractivity contribution in [1.82, 2.24) is 5.32 Å². The van der Waals surface area contributed by atoms with Crippen LogP contribution >= 0.6 is 12.6 Å². The molecular weight excluding hydrogens is 146 g/mol. The third-order valence-corrected chi connectivity index (χ3v) is 1.30. The molecule has 0 rings (SSSR count). The van der Waals surface area contributed by atoms with E-state index in [-0.39, 0.29) is 11.9 Å². The van der Waals surface area contributed by atoms with E-state index in [1.807, 2.05) is 6.92 Å². The molecular formula is C7H13NOS. The summed E-state index contributed by atoms with van der Waals surface area (Å²) in [6.45, 7) is 5.42. The van der Waals surface area contributed by atoms with Gasteiger partial charge in [-0.1, -0.05) is 6.08 Å². The molecule has 2 nitrogen and oxygen atoms in total. The van der Waals surface area contributed by atoms with Crippen LogP contribution in [0.25, 0.3) is 0 Å². The van der Waals surface area contributed by atoms with E-state index in [0.717, 1.165) is 0 Å². The minimum atomic E-state index is 0.0300. The minimum Gasteiger partial charge on any atom is -0.350 e. The van der Waals surface area contributed by atoms with Gasteiger partial charge >= 0.3 is 0 Å². The molecule has 0 saturated heterocycles. The molecule has 1 N–H and O–H groups in total. The van der Waals surface area contributed by atoms with Crippen LogP contribution in [-0.4, -0.2) is 17.7 Å². The molecule has 0 aromatic rings. The second-order valence-electron chi connectivity index (χ2n) is 2.07. The topological polar surface area (TPSA) is 29.1 Å². The highest BCUT2D eigenvalue weighted by Gasteiger charge is 2.00. The van der Waals surface area contributed by atoms with Crippen molar-refractivity contribution in [2.75, 3.05) is 5.75 Å². The molecule has 0 aliphatic carbocycles. The number of amides is 1. The summed E-state index contributed by atoms with van der Waals surface area (Å²) in [5, 5.41) is 2.72. The van der Waals surface area contributed by atoms with E-state index in [1.54, 1.807) is 6.08 Å². The van der Waals surface area contributed by atoms with Gasteiger partial charge in [0.05, 0.1) is 0 Å². The van der Waals surface area contributed by atoms with Crippen LogP contribution in [0.4, 0.5) is 0 Å². The van der Waals surface area contributed by atoms with Gasteiger partial charge in [0.2, 0.25) is 5.91 Å². The van der Waals surface area contributed by atoms with Gasteiger partial charge in [-0.05, 0) is 12.7 Å². The van der Waals surface area contributed by atoms with Crippen LogP contribution in [-0.2, 0) is 4.79 Å². The quantitative estimate of drug-likeness (QED) is 0.465. The normalized spacial score (nSPS) is 12.2. The first-order valence-electron chi connectivity index (χ1n) is 3.23. The minimum absolute atomic E-state index is 0.0300. The fraction of sp³-hybridized carbons (Fsp3) is 0.571. The van der Waals surface area contributed by atoms with Gasteiger partial charge in [0.1, 0.15) is 0 Å². The molecule has 0 fully saturated rings. The molecule has 58 valence electrons. The first kappa shape index (κ1) is 9.56. The Morgan fingerprint density at radius 3 is 2.90 bits per heavy atom. The number of carbonyl (C=O) groups excluding carboxylic acids is 1. The van der Waals surface area contributed by atoms with E-state index in [1.165, 1.54) is 0 Å². The number of nitrogens with one attached hydrogen (secondary N) is 1. The second-order valence-corrected chi connectivity index (χ2v) is 2.51. The average Bonchev–Trinajstić information content (AvgIpc) is 1.88. The second kappa shape index (κ2) is 5.35. The molecule has 0 spiro atoms. The Balaban J connectivity index is 3.46. The van der Waals surface area contributed by atoms with Gasteiger partial charge in [0, 0.05) is 12.5 Å². The molecule has 1 amide bonds. The molecule has 0 aliphatic rings. The van der Waals surface area contributed by atoms with Crippen molar-refractivity contribution in [3.05, 3.63) is 12.7 Å². The number of hydrogen-bond acceptors (Lipinski definition) is 2. The highest BCUT2D eigenvalue weighted by Crippen LogP contribution is 1.86. The lowest BCUT2D eigenvalue weighted by molar-refractivity contribution is -0.120. The molecule has 0 saturated carbocycles. The van der Waals surface area contributed by atoms with Gasteiger partial charge in [-0.3, -0.25) is 4.79 Å². The molecule has 1 unspecified atom stereocenters. The highest BCUT2D eigenvalue weighted by molar-refractivity contribution is 7.80. The summed E-state index contributed by atoms with van der Waals surface area (Å²) < 4.78 is 0. The van der Waals surface area contributed by atoms with Crippen molar-refractivity contribution in [2.45, 2.75) is 19.4 Å². The number of rotatable bonds is 4. The van der Waals surface area contributed by atoms with E-state index in [4.69, 9.17) is 0 Å². The van der Waals surface area contributed by atoms with E-state index < -0.39 is 0 Å².